The second-order valence-corrected chi connectivity index (χ2v) is 5.72. The summed E-state index contributed by atoms with van der Waals surface area (Å²) in [5.74, 6) is 0.601. The molecule has 2 rings (SSSR count). The van der Waals surface area contributed by atoms with Crippen molar-refractivity contribution in [3.8, 4) is 0 Å². The van der Waals surface area contributed by atoms with Crippen molar-refractivity contribution in [2.24, 2.45) is 0 Å². The van der Waals surface area contributed by atoms with Gasteiger partial charge in [0.15, 0.2) is 0 Å². The van der Waals surface area contributed by atoms with E-state index in [0.29, 0.717) is 13.0 Å². The van der Waals surface area contributed by atoms with E-state index in [2.05, 4.69) is 10.5 Å². The largest absolute Gasteiger partial charge is 0.385 e. The number of carbonyl (C=O) groups is 1. The molecule has 0 fully saturated rings. The lowest BCUT2D eigenvalue weighted by Crippen LogP contribution is -2.33. The molecule has 1 aromatic heterocycles. The fourth-order valence-corrected chi connectivity index (χ4v) is 2.46. The number of benzene rings is 1. The number of hydrogen-bond donors (Lipinski definition) is 2. The maximum Gasteiger partial charge on any atom is 0.223 e. The van der Waals surface area contributed by atoms with Crippen molar-refractivity contribution in [3.63, 3.8) is 0 Å². The Hall–Kier alpha value is -2.14. The van der Waals surface area contributed by atoms with Crippen LogP contribution in [0.15, 0.2) is 34.9 Å². The van der Waals surface area contributed by atoms with Crippen LogP contribution in [0.25, 0.3) is 0 Å². The molecule has 2 N–H and O–H groups in total. The molecule has 1 unspecified atom stereocenters. The summed E-state index contributed by atoms with van der Waals surface area (Å²) >= 11 is 0. The molecule has 1 heterocycles. The monoisotopic (exact) mass is 302 g/mol. The van der Waals surface area contributed by atoms with Crippen LogP contribution in [0.1, 0.15) is 35.9 Å². The summed E-state index contributed by atoms with van der Waals surface area (Å²) in [6.07, 6.45) is 0.693. The van der Waals surface area contributed by atoms with Crippen LogP contribution in [0.2, 0.25) is 0 Å². The van der Waals surface area contributed by atoms with E-state index in [9.17, 15) is 9.90 Å². The molecule has 1 amide bonds. The Balaban J connectivity index is 1.86. The third kappa shape index (κ3) is 3.95. The quantitative estimate of drug-likeness (QED) is 0.858. The van der Waals surface area contributed by atoms with Crippen LogP contribution in [-0.4, -0.2) is 22.7 Å². The van der Waals surface area contributed by atoms with Gasteiger partial charge >= 0.3 is 0 Å². The number of nitrogens with zero attached hydrogens (tertiary/aromatic N) is 1. The van der Waals surface area contributed by atoms with E-state index in [-0.39, 0.29) is 12.3 Å². The number of hydrogen-bond acceptors (Lipinski definition) is 4. The lowest BCUT2D eigenvalue weighted by atomic mass is 9.92. The van der Waals surface area contributed by atoms with E-state index in [4.69, 9.17) is 4.52 Å². The number of aryl methyl sites for hydroxylation is 2. The normalized spacial score (nSPS) is 13.6. The molecule has 0 saturated heterocycles. The van der Waals surface area contributed by atoms with Crippen LogP contribution >= 0.6 is 0 Å². The van der Waals surface area contributed by atoms with E-state index < -0.39 is 5.60 Å². The molecular weight excluding hydrogens is 280 g/mol. The topological polar surface area (TPSA) is 75.4 Å². The van der Waals surface area contributed by atoms with Crippen molar-refractivity contribution in [1.82, 2.24) is 10.5 Å². The summed E-state index contributed by atoms with van der Waals surface area (Å²) in [6.45, 7) is 5.88. The van der Waals surface area contributed by atoms with Crippen molar-refractivity contribution in [1.29, 1.82) is 0 Å². The molecule has 5 heteroatoms. The fraction of sp³-hybridized carbons (Fsp3) is 0.412. The highest BCUT2D eigenvalue weighted by molar-refractivity contribution is 5.77. The van der Waals surface area contributed by atoms with Gasteiger partial charge in [0.25, 0.3) is 0 Å². The molecule has 22 heavy (non-hydrogen) atoms. The second-order valence-electron chi connectivity index (χ2n) is 5.72. The van der Waals surface area contributed by atoms with Crippen molar-refractivity contribution < 1.29 is 14.4 Å². The lowest BCUT2D eigenvalue weighted by Gasteiger charge is -2.23. The molecule has 0 radical (unpaired) electrons. The van der Waals surface area contributed by atoms with E-state index in [0.717, 1.165) is 22.6 Å². The zero-order valence-electron chi connectivity index (χ0n) is 13.2. The Labute approximate surface area is 130 Å². The van der Waals surface area contributed by atoms with Gasteiger partial charge in [-0.05, 0) is 32.8 Å². The highest BCUT2D eigenvalue weighted by Gasteiger charge is 2.26. The van der Waals surface area contributed by atoms with Crippen molar-refractivity contribution in [2.75, 3.05) is 6.54 Å². The molecule has 118 valence electrons. The maximum atomic E-state index is 12.0. The van der Waals surface area contributed by atoms with E-state index in [1.165, 1.54) is 0 Å². The van der Waals surface area contributed by atoms with Gasteiger partial charge in [0.1, 0.15) is 5.76 Å². The van der Waals surface area contributed by atoms with E-state index >= 15 is 0 Å². The molecule has 0 saturated carbocycles. The molecule has 2 aromatic rings. The van der Waals surface area contributed by atoms with Crippen LogP contribution in [0, 0.1) is 13.8 Å². The molecule has 0 aliphatic heterocycles. The van der Waals surface area contributed by atoms with E-state index in [1.807, 2.05) is 44.2 Å². The van der Waals surface area contributed by atoms with E-state index in [1.54, 1.807) is 6.92 Å². The van der Waals surface area contributed by atoms with Gasteiger partial charge in [0.2, 0.25) is 5.91 Å². The first kappa shape index (κ1) is 16.2. The number of carbonyl (C=O) groups excluding carboxylic acids is 1. The zero-order valence-corrected chi connectivity index (χ0v) is 13.2. The zero-order chi connectivity index (χ0) is 16.2. The summed E-state index contributed by atoms with van der Waals surface area (Å²) in [5.41, 5.74) is 1.43. The summed E-state index contributed by atoms with van der Waals surface area (Å²) in [5, 5.41) is 17.2. The minimum atomic E-state index is -1.17. The van der Waals surface area contributed by atoms with Gasteiger partial charge in [0.05, 0.1) is 17.7 Å². The number of rotatable bonds is 6. The Morgan fingerprint density at radius 1 is 1.32 bits per heavy atom. The van der Waals surface area contributed by atoms with Crippen LogP contribution in [0.3, 0.4) is 0 Å². The van der Waals surface area contributed by atoms with Gasteiger partial charge in [-0.25, -0.2) is 0 Å². The Morgan fingerprint density at radius 3 is 2.59 bits per heavy atom. The Bertz CT molecular complexity index is 613. The highest BCUT2D eigenvalue weighted by Crippen LogP contribution is 2.23. The fourth-order valence-electron chi connectivity index (χ4n) is 2.46. The standard InChI is InChI=1S/C17H22N2O3/c1-12-15(13(2)22-19-12)9-10-18-16(20)11-17(3,21)14-7-5-4-6-8-14/h4-8,21H,9-11H2,1-3H3,(H,18,20). The van der Waals surface area contributed by atoms with Crippen LogP contribution < -0.4 is 5.32 Å². The van der Waals surface area contributed by atoms with Gasteiger partial charge in [0, 0.05) is 12.1 Å². The minimum Gasteiger partial charge on any atom is -0.385 e. The molecule has 0 aliphatic rings. The van der Waals surface area contributed by atoms with Gasteiger partial charge in [-0.1, -0.05) is 35.5 Å². The third-order valence-corrected chi connectivity index (χ3v) is 3.78. The molecule has 0 bridgehead atoms. The number of amides is 1. The average molecular weight is 302 g/mol. The van der Waals surface area contributed by atoms with Crippen LogP contribution in [-0.2, 0) is 16.8 Å². The van der Waals surface area contributed by atoms with Crippen molar-refractivity contribution in [3.05, 3.63) is 52.9 Å². The molecule has 0 aliphatic carbocycles. The molecular formula is C17H22N2O3. The second kappa shape index (κ2) is 6.75. The Morgan fingerprint density at radius 2 is 2.00 bits per heavy atom. The summed E-state index contributed by atoms with van der Waals surface area (Å²) in [6, 6.07) is 9.20. The maximum absolute atomic E-state index is 12.0. The van der Waals surface area contributed by atoms with Gasteiger partial charge in [-0.2, -0.15) is 0 Å². The SMILES string of the molecule is Cc1noc(C)c1CCNC(=O)CC(C)(O)c1ccccc1. The van der Waals surface area contributed by atoms with Gasteiger partial charge < -0.3 is 14.9 Å². The number of nitrogens with one attached hydrogen (secondary N) is 1. The van der Waals surface area contributed by atoms with Crippen molar-refractivity contribution in [2.45, 2.75) is 39.2 Å². The van der Waals surface area contributed by atoms with Crippen LogP contribution in [0.5, 0.6) is 0 Å². The first-order chi connectivity index (χ1) is 10.4. The van der Waals surface area contributed by atoms with Crippen LogP contribution in [0.4, 0.5) is 0 Å². The average Bonchev–Trinajstić information content (AvgIpc) is 2.79. The molecule has 0 spiro atoms. The summed E-state index contributed by atoms with van der Waals surface area (Å²) in [7, 11) is 0. The summed E-state index contributed by atoms with van der Waals surface area (Å²) in [4.78, 5) is 12.0. The lowest BCUT2D eigenvalue weighted by molar-refractivity contribution is -0.125. The highest BCUT2D eigenvalue weighted by atomic mass is 16.5. The van der Waals surface area contributed by atoms with Gasteiger partial charge in [-0.15, -0.1) is 0 Å². The molecule has 1 aromatic carbocycles. The first-order valence-electron chi connectivity index (χ1n) is 7.36. The number of aromatic nitrogens is 1. The Kier molecular flexibility index (Phi) is 4.98. The first-order valence-corrected chi connectivity index (χ1v) is 7.36. The minimum absolute atomic E-state index is 0.0264. The molecule has 5 nitrogen and oxygen atoms in total. The predicted octanol–water partition coefficient (Wildman–Crippen LogP) is 2.25. The smallest absolute Gasteiger partial charge is 0.223 e. The van der Waals surface area contributed by atoms with Gasteiger partial charge in [-0.3, -0.25) is 4.79 Å². The summed E-state index contributed by atoms with van der Waals surface area (Å²) < 4.78 is 5.09. The van der Waals surface area contributed by atoms with Crippen molar-refractivity contribution >= 4 is 5.91 Å². The molecule has 1 atom stereocenters. The number of aliphatic hydroxyl groups is 1. The third-order valence-electron chi connectivity index (χ3n) is 3.78. The predicted molar refractivity (Wildman–Crippen MR) is 83.3 cm³/mol.